The first-order chi connectivity index (χ1) is 14.1. The molecule has 30 heavy (non-hydrogen) atoms. The maximum atomic E-state index is 13.5. The normalized spacial score (nSPS) is 19.2. The number of phenols is 1. The summed E-state index contributed by atoms with van der Waals surface area (Å²) in [5, 5.41) is 19.5. The van der Waals surface area contributed by atoms with Crippen molar-refractivity contribution in [2.75, 3.05) is 13.1 Å². The van der Waals surface area contributed by atoms with Gasteiger partial charge in [-0.2, -0.15) is 13.2 Å². The molecule has 3 N–H and O–H groups in total. The van der Waals surface area contributed by atoms with E-state index in [4.69, 9.17) is 16.5 Å². The van der Waals surface area contributed by atoms with Gasteiger partial charge in [-0.05, 0) is 41.6 Å². The molecule has 162 valence electrons. The lowest BCUT2D eigenvalue weighted by molar-refractivity contribution is -0.141. The number of rotatable bonds is 5. The minimum atomic E-state index is -4.75. The number of likely N-dealkylation sites (tertiary alicyclic amines) is 1. The second-order valence-corrected chi connectivity index (χ2v) is 6.85. The van der Waals surface area contributed by atoms with E-state index in [9.17, 15) is 32.6 Å². The van der Waals surface area contributed by atoms with Gasteiger partial charge in [0.05, 0.1) is 6.54 Å². The number of aliphatic hydroxyl groups is 1. The number of halogens is 5. The quantitative estimate of drug-likeness (QED) is 0.480. The van der Waals surface area contributed by atoms with Crippen molar-refractivity contribution in [2.24, 2.45) is 0 Å². The third-order valence-corrected chi connectivity index (χ3v) is 4.48. The van der Waals surface area contributed by atoms with Gasteiger partial charge in [0.15, 0.2) is 11.5 Å². The van der Waals surface area contributed by atoms with E-state index >= 15 is 0 Å². The number of pyridine rings is 1. The number of phenolic OH excluding ortho intramolecular Hbond substituents is 1. The molecule has 0 aliphatic carbocycles. The second kappa shape index (κ2) is 8.62. The predicted molar refractivity (Wildman–Crippen MR) is 96.9 cm³/mol. The molecule has 1 aromatic heterocycles. The van der Waals surface area contributed by atoms with Gasteiger partial charge >= 0.3 is 6.18 Å². The number of hydrogen-bond acceptors (Lipinski definition) is 6. The number of hydrogen-bond donors (Lipinski definition) is 3. The standard InChI is InChI=1S/C18H16ClF4N3O4/c19-24-6-9-3-15(18(21,22)23)25-16(4-9)30-14-5-10(1-2-12(14)27)17(29)26-7-11(20)13(28)8-26/h1-5,11,13,24,27-28H,6-8H2. The summed E-state index contributed by atoms with van der Waals surface area (Å²) < 4.78 is 58.1. The second-order valence-electron chi connectivity index (χ2n) is 6.59. The average molecular weight is 450 g/mol. The van der Waals surface area contributed by atoms with Gasteiger partial charge in [-0.15, -0.1) is 0 Å². The van der Waals surface area contributed by atoms with Crippen LogP contribution in [0.15, 0.2) is 30.3 Å². The Morgan fingerprint density at radius 1 is 1.30 bits per heavy atom. The van der Waals surface area contributed by atoms with Crippen molar-refractivity contribution in [3.63, 3.8) is 0 Å². The van der Waals surface area contributed by atoms with Crippen LogP contribution in [0.1, 0.15) is 21.6 Å². The van der Waals surface area contributed by atoms with Gasteiger partial charge < -0.3 is 19.8 Å². The highest BCUT2D eigenvalue weighted by molar-refractivity contribution is 6.13. The Morgan fingerprint density at radius 3 is 2.63 bits per heavy atom. The molecule has 0 spiro atoms. The Hall–Kier alpha value is -2.63. The lowest BCUT2D eigenvalue weighted by Gasteiger charge is -2.16. The molecule has 1 amide bonds. The van der Waals surface area contributed by atoms with Gasteiger partial charge in [0.1, 0.15) is 18.0 Å². The number of aromatic nitrogens is 1. The summed E-state index contributed by atoms with van der Waals surface area (Å²) in [6, 6.07) is 5.41. The van der Waals surface area contributed by atoms with Gasteiger partial charge in [-0.3, -0.25) is 4.79 Å². The van der Waals surface area contributed by atoms with Crippen LogP contribution >= 0.6 is 11.8 Å². The van der Waals surface area contributed by atoms with Crippen molar-refractivity contribution in [1.82, 2.24) is 14.7 Å². The summed E-state index contributed by atoms with van der Waals surface area (Å²) in [7, 11) is 0. The maximum Gasteiger partial charge on any atom is 0.433 e. The molecule has 2 aromatic rings. The fraction of sp³-hybridized carbons (Fsp3) is 0.333. The topological polar surface area (TPSA) is 94.9 Å². The summed E-state index contributed by atoms with van der Waals surface area (Å²) >= 11 is 5.36. The maximum absolute atomic E-state index is 13.5. The summed E-state index contributed by atoms with van der Waals surface area (Å²) in [5.41, 5.74) is -1.12. The zero-order valence-corrected chi connectivity index (χ0v) is 15.9. The molecule has 3 rings (SSSR count). The van der Waals surface area contributed by atoms with Gasteiger partial charge in [0, 0.05) is 24.7 Å². The number of amides is 1. The van der Waals surface area contributed by atoms with E-state index in [-0.39, 0.29) is 36.5 Å². The summed E-state index contributed by atoms with van der Waals surface area (Å²) in [4.78, 5) is 19.2. The number of aliphatic hydroxyl groups excluding tert-OH is 1. The average Bonchev–Trinajstić information content (AvgIpc) is 3.01. The third kappa shape index (κ3) is 4.91. The molecule has 2 unspecified atom stereocenters. The molecule has 0 radical (unpaired) electrons. The molecule has 7 nitrogen and oxygen atoms in total. The highest BCUT2D eigenvalue weighted by Gasteiger charge is 2.35. The first kappa shape index (κ1) is 22.1. The van der Waals surface area contributed by atoms with E-state index in [1.807, 2.05) is 0 Å². The van der Waals surface area contributed by atoms with Crippen LogP contribution in [0.2, 0.25) is 0 Å². The Morgan fingerprint density at radius 2 is 2.03 bits per heavy atom. The highest BCUT2D eigenvalue weighted by Crippen LogP contribution is 2.35. The smallest absolute Gasteiger partial charge is 0.433 e. The first-order valence-corrected chi connectivity index (χ1v) is 9.00. The molecular weight excluding hydrogens is 434 g/mol. The van der Waals surface area contributed by atoms with Gasteiger partial charge in [0.2, 0.25) is 5.88 Å². The van der Waals surface area contributed by atoms with E-state index < -0.39 is 41.7 Å². The Kier molecular flexibility index (Phi) is 6.34. The molecule has 1 aromatic carbocycles. The highest BCUT2D eigenvalue weighted by atomic mass is 35.5. The molecule has 0 bridgehead atoms. The van der Waals surface area contributed by atoms with Crippen LogP contribution in [0, 0.1) is 0 Å². The number of ether oxygens (including phenoxy) is 1. The van der Waals surface area contributed by atoms with E-state index in [1.165, 1.54) is 12.1 Å². The van der Waals surface area contributed by atoms with E-state index in [0.717, 1.165) is 23.1 Å². The Bertz CT molecular complexity index is 934. The van der Waals surface area contributed by atoms with Crippen LogP contribution in [0.3, 0.4) is 0 Å². The number of benzene rings is 1. The van der Waals surface area contributed by atoms with Crippen molar-refractivity contribution in [2.45, 2.75) is 25.0 Å². The SMILES string of the molecule is O=C(c1ccc(O)c(Oc2cc(CNCl)cc(C(F)(F)F)n2)c1)N1CC(O)C(F)C1. The largest absolute Gasteiger partial charge is 0.504 e. The lowest BCUT2D eigenvalue weighted by Crippen LogP contribution is -2.29. The molecule has 1 aliphatic rings. The molecule has 2 heterocycles. The van der Waals surface area contributed by atoms with E-state index in [1.54, 1.807) is 0 Å². The number of alkyl halides is 4. The monoisotopic (exact) mass is 449 g/mol. The molecule has 1 fully saturated rings. The van der Waals surface area contributed by atoms with Crippen LogP contribution < -0.4 is 9.57 Å². The van der Waals surface area contributed by atoms with Crippen molar-refractivity contribution in [1.29, 1.82) is 0 Å². The lowest BCUT2D eigenvalue weighted by atomic mass is 10.1. The Labute approximate surface area is 173 Å². The van der Waals surface area contributed by atoms with Crippen LogP contribution in [0.5, 0.6) is 17.4 Å². The summed E-state index contributed by atoms with van der Waals surface area (Å²) in [5.74, 6) is -1.89. The molecule has 0 saturated carbocycles. The molecule has 12 heteroatoms. The summed E-state index contributed by atoms with van der Waals surface area (Å²) in [6.45, 7) is -0.627. The van der Waals surface area contributed by atoms with Crippen molar-refractivity contribution in [3.8, 4) is 17.4 Å². The van der Waals surface area contributed by atoms with Gasteiger partial charge in [0.25, 0.3) is 5.91 Å². The van der Waals surface area contributed by atoms with Crippen LogP contribution in [0.4, 0.5) is 17.6 Å². The zero-order valence-electron chi connectivity index (χ0n) is 15.2. The fourth-order valence-electron chi connectivity index (χ4n) is 2.87. The molecular formula is C18H16ClF4N3O4. The number of β-amino-alcohol motifs (C(OH)–C–C–N with tert-alkyl or cyclic N) is 1. The van der Waals surface area contributed by atoms with Crippen LogP contribution in [0.25, 0.3) is 0 Å². The van der Waals surface area contributed by atoms with Crippen molar-refractivity contribution in [3.05, 3.63) is 47.2 Å². The minimum absolute atomic E-state index is 0.0151. The van der Waals surface area contributed by atoms with Crippen LogP contribution in [-0.4, -0.2) is 51.4 Å². The first-order valence-electron chi connectivity index (χ1n) is 8.62. The zero-order chi connectivity index (χ0) is 22.1. The van der Waals surface area contributed by atoms with E-state index in [0.29, 0.717) is 0 Å². The Balaban J connectivity index is 1.89. The van der Waals surface area contributed by atoms with Gasteiger partial charge in [-0.25, -0.2) is 14.2 Å². The number of carbonyl (C=O) groups excluding carboxylic acids is 1. The van der Waals surface area contributed by atoms with E-state index in [2.05, 4.69) is 9.82 Å². The van der Waals surface area contributed by atoms with Gasteiger partial charge in [-0.1, -0.05) is 0 Å². The minimum Gasteiger partial charge on any atom is -0.504 e. The summed E-state index contributed by atoms with van der Waals surface area (Å²) in [6.07, 6.45) is -7.63. The number of carbonyl (C=O) groups is 1. The number of aromatic hydroxyl groups is 1. The van der Waals surface area contributed by atoms with Crippen LogP contribution in [-0.2, 0) is 12.7 Å². The third-order valence-electron chi connectivity index (χ3n) is 4.35. The van der Waals surface area contributed by atoms with Crippen molar-refractivity contribution >= 4 is 17.7 Å². The number of nitrogens with zero attached hydrogens (tertiary/aromatic N) is 2. The number of nitrogens with one attached hydrogen (secondary N) is 1. The fourth-order valence-corrected chi connectivity index (χ4v) is 3.03. The molecule has 1 saturated heterocycles. The molecule has 1 aliphatic heterocycles. The molecule has 2 atom stereocenters. The van der Waals surface area contributed by atoms with Crippen molar-refractivity contribution < 1.29 is 37.3 Å². The predicted octanol–water partition coefficient (Wildman–Crippen LogP) is 3.00.